The lowest BCUT2D eigenvalue weighted by Crippen LogP contribution is -2.15. The molecule has 0 N–H and O–H groups in total. The third kappa shape index (κ3) is 2.37. The molecule has 0 bridgehead atoms. The van der Waals surface area contributed by atoms with E-state index in [9.17, 15) is 0 Å². The highest BCUT2D eigenvalue weighted by Gasteiger charge is 2.18. The van der Waals surface area contributed by atoms with E-state index in [1.807, 2.05) is 0 Å². The first-order chi connectivity index (χ1) is 6.47. The summed E-state index contributed by atoms with van der Waals surface area (Å²) in [6.45, 7) is 11.4. The second kappa shape index (κ2) is 4.16. The van der Waals surface area contributed by atoms with Crippen LogP contribution in [0.4, 0.5) is 0 Å². The summed E-state index contributed by atoms with van der Waals surface area (Å²) < 4.78 is 0. The Labute approximate surface area is 88.4 Å². The molecule has 0 heteroatoms. The fourth-order valence-corrected chi connectivity index (χ4v) is 1.52. The fourth-order valence-electron chi connectivity index (χ4n) is 1.52. The van der Waals surface area contributed by atoms with Crippen LogP contribution < -0.4 is 0 Å². The number of rotatable bonds is 3. The Hall–Kier alpha value is -0.780. The topological polar surface area (TPSA) is 0 Å². The van der Waals surface area contributed by atoms with Gasteiger partial charge in [-0.25, -0.2) is 0 Å². The van der Waals surface area contributed by atoms with Crippen LogP contribution in [0.2, 0.25) is 0 Å². The van der Waals surface area contributed by atoms with Crippen molar-refractivity contribution in [2.24, 2.45) is 0 Å². The molecule has 0 aliphatic carbocycles. The van der Waals surface area contributed by atoms with Gasteiger partial charge in [-0.1, -0.05) is 58.9 Å². The van der Waals surface area contributed by atoms with Gasteiger partial charge in [-0.2, -0.15) is 0 Å². The first-order valence-electron chi connectivity index (χ1n) is 5.58. The van der Waals surface area contributed by atoms with Crippen molar-refractivity contribution < 1.29 is 0 Å². The highest BCUT2D eigenvalue weighted by Crippen LogP contribution is 2.28. The highest BCUT2D eigenvalue weighted by atomic mass is 14.2. The number of hydrogen-bond acceptors (Lipinski definition) is 0. The SMILES string of the molecule is CCC(C)(C)c1cccc(C(C)C)c1. The Bertz CT molecular complexity index is 295. The van der Waals surface area contributed by atoms with E-state index < -0.39 is 0 Å². The van der Waals surface area contributed by atoms with Crippen LogP contribution in [0, 0.1) is 0 Å². The lowest BCUT2D eigenvalue weighted by molar-refractivity contribution is 0.505. The fraction of sp³-hybridized carbons (Fsp3) is 0.571. The van der Waals surface area contributed by atoms with Crippen molar-refractivity contribution in [3.63, 3.8) is 0 Å². The molecule has 0 atom stereocenters. The molecule has 0 saturated carbocycles. The lowest BCUT2D eigenvalue weighted by atomic mass is 9.81. The summed E-state index contributed by atoms with van der Waals surface area (Å²) in [6, 6.07) is 9.01. The van der Waals surface area contributed by atoms with Gasteiger partial charge in [0.15, 0.2) is 0 Å². The zero-order valence-electron chi connectivity index (χ0n) is 10.1. The molecule has 0 spiro atoms. The largest absolute Gasteiger partial charge is 0.0646 e. The minimum atomic E-state index is 0.310. The van der Waals surface area contributed by atoms with Gasteiger partial charge in [-0.3, -0.25) is 0 Å². The van der Waals surface area contributed by atoms with Gasteiger partial charge >= 0.3 is 0 Å². The van der Waals surface area contributed by atoms with E-state index in [1.54, 1.807) is 0 Å². The second-order valence-corrected chi connectivity index (χ2v) is 5.02. The Balaban J connectivity index is 3.05. The monoisotopic (exact) mass is 190 g/mol. The van der Waals surface area contributed by atoms with Crippen LogP contribution in [0.1, 0.15) is 58.1 Å². The molecular formula is C14H22. The van der Waals surface area contributed by atoms with Crippen molar-refractivity contribution in [3.05, 3.63) is 35.4 Å². The molecule has 0 heterocycles. The predicted octanol–water partition coefficient (Wildman–Crippen LogP) is 4.50. The molecule has 0 unspecified atom stereocenters. The van der Waals surface area contributed by atoms with Crippen LogP contribution in [0.25, 0.3) is 0 Å². The summed E-state index contributed by atoms with van der Waals surface area (Å²) in [7, 11) is 0. The molecule has 14 heavy (non-hydrogen) atoms. The van der Waals surface area contributed by atoms with Gasteiger partial charge in [0, 0.05) is 0 Å². The van der Waals surface area contributed by atoms with Gasteiger partial charge in [0.1, 0.15) is 0 Å². The van der Waals surface area contributed by atoms with Crippen LogP contribution in [-0.4, -0.2) is 0 Å². The maximum atomic E-state index is 2.36. The summed E-state index contributed by atoms with van der Waals surface area (Å²) >= 11 is 0. The quantitative estimate of drug-likeness (QED) is 0.658. The number of benzene rings is 1. The normalized spacial score (nSPS) is 12.1. The van der Waals surface area contributed by atoms with Gasteiger partial charge in [-0.15, -0.1) is 0 Å². The third-order valence-electron chi connectivity index (χ3n) is 3.22. The molecule has 1 rings (SSSR count). The van der Waals surface area contributed by atoms with Gasteiger partial charge in [-0.05, 0) is 28.9 Å². The molecule has 0 aromatic heterocycles. The number of hydrogen-bond donors (Lipinski definition) is 0. The van der Waals surface area contributed by atoms with Crippen molar-refractivity contribution in [1.82, 2.24) is 0 Å². The molecular weight excluding hydrogens is 168 g/mol. The Morgan fingerprint density at radius 2 is 1.86 bits per heavy atom. The molecule has 1 aromatic rings. The van der Waals surface area contributed by atoms with Crippen molar-refractivity contribution in [2.45, 2.75) is 52.4 Å². The predicted molar refractivity (Wildman–Crippen MR) is 63.8 cm³/mol. The van der Waals surface area contributed by atoms with E-state index in [2.05, 4.69) is 58.9 Å². The lowest BCUT2D eigenvalue weighted by Gasteiger charge is -2.24. The molecule has 0 nitrogen and oxygen atoms in total. The summed E-state index contributed by atoms with van der Waals surface area (Å²) in [5.41, 5.74) is 3.22. The first kappa shape index (κ1) is 11.3. The molecule has 0 radical (unpaired) electrons. The average Bonchev–Trinajstić information content (AvgIpc) is 2.18. The summed E-state index contributed by atoms with van der Waals surface area (Å²) in [4.78, 5) is 0. The van der Waals surface area contributed by atoms with Crippen LogP contribution in [0.15, 0.2) is 24.3 Å². The second-order valence-electron chi connectivity index (χ2n) is 5.02. The van der Waals surface area contributed by atoms with Crippen LogP contribution in [-0.2, 0) is 5.41 Å². The van der Waals surface area contributed by atoms with Crippen LogP contribution in [0.3, 0.4) is 0 Å². The Morgan fingerprint density at radius 3 is 2.36 bits per heavy atom. The van der Waals surface area contributed by atoms with Crippen molar-refractivity contribution in [1.29, 1.82) is 0 Å². The highest BCUT2D eigenvalue weighted by molar-refractivity contribution is 5.30. The third-order valence-corrected chi connectivity index (χ3v) is 3.22. The first-order valence-corrected chi connectivity index (χ1v) is 5.58. The van der Waals surface area contributed by atoms with Crippen molar-refractivity contribution >= 4 is 0 Å². The summed E-state index contributed by atoms with van der Waals surface area (Å²) in [5.74, 6) is 0.627. The van der Waals surface area contributed by atoms with E-state index in [4.69, 9.17) is 0 Å². The molecule has 0 saturated heterocycles. The van der Waals surface area contributed by atoms with Crippen molar-refractivity contribution in [2.75, 3.05) is 0 Å². The Kier molecular flexibility index (Phi) is 3.36. The standard InChI is InChI=1S/C14H22/c1-6-14(4,5)13-9-7-8-12(10-13)11(2)3/h7-11H,6H2,1-5H3. The average molecular weight is 190 g/mol. The minimum absolute atomic E-state index is 0.310. The van der Waals surface area contributed by atoms with E-state index >= 15 is 0 Å². The van der Waals surface area contributed by atoms with E-state index in [-0.39, 0.29) is 0 Å². The summed E-state index contributed by atoms with van der Waals surface area (Å²) in [6.07, 6.45) is 1.19. The van der Waals surface area contributed by atoms with E-state index in [0.29, 0.717) is 11.3 Å². The van der Waals surface area contributed by atoms with Gasteiger partial charge in [0.05, 0.1) is 0 Å². The van der Waals surface area contributed by atoms with E-state index in [0.717, 1.165) is 0 Å². The van der Waals surface area contributed by atoms with Gasteiger partial charge in [0.25, 0.3) is 0 Å². The molecule has 0 aliphatic rings. The maximum absolute atomic E-state index is 2.36. The minimum Gasteiger partial charge on any atom is -0.0646 e. The molecule has 0 fully saturated rings. The molecule has 0 amide bonds. The maximum Gasteiger partial charge on any atom is -0.0106 e. The molecule has 0 aliphatic heterocycles. The van der Waals surface area contributed by atoms with E-state index in [1.165, 1.54) is 17.5 Å². The van der Waals surface area contributed by atoms with Gasteiger partial charge < -0.3 is 0 Å². The smallest absolute Gasteiger partial charge is 0.0106 e. The Morgan fingerprint density at radius 1 is 1.21 bits per heavy atom. The van der Waals surface area contributed by atoms with Crippen molar-refractivity contribution in [3.8, 4) is 0 Å². The van der Waals surface area contributed by atoms with Gasteiger partial charge in [0.2, 0.25) is 0 Å². The molecule has 1 aromatic carbocycles. The zero-order chi connectivity index (χ0) is 10.8. The zero-order valence-corrected chi connectivity index (χ0v) is 10.1. The summed E-state index contributed by atoms with van der Waals surface area (Å²) in [5, 5.41) is 0. The van der Waals surface area contributed by atoms with Crippen LogP contribution in [0.5, 0.6) is 0 Å². The van der Waals surface area contributed by atoms with Crippen LogP contribution >= 0.6 is 0 Å². The molecule has 78 valence electrons.